The minimum atomic E-state index is -0.319. The Morgan fingerprint density at radius 3 is 2.74 bits per heavy atom. The van der Waals surface area contributed by atoms with Crippen LogP contribution in [0.3, 0.4) is 0 Å². The fourth-order valence-electron chi connectivity index (χ4n) is 2.98. The van der Waals surface area contributed by atoms with Crippen molar-refractivity contribution >= 4 is 12.1 Å². The summed E-state index contributed by atoms with van der Waals surface area (Å²) < 4.78 is 15.6. The van der Waals surface area contributed by atoms with Crippen LogP contribution in [0.25, 0.3) is 0 Å². The van der Waals surface area contributed by atoms with Crippen LogP contribution in [0.1, 0.15) is 18.9 Å². The van der Waals surface area contributed by atoms with Crippen LogP contribution in [0.5, 0.6) is 5.75 Å². The van der Waals surface area contributed by atoms with Gasteiger partial charge in [-0.2, -0.15) is 0 Å². The summed E-state index contributed by atoms with van der Waals surface area (Å²) in [4.78, 5) is 25.4. The molecule has 124 valence electrons. The van der Waals surface area contributed by atoms with Crippen LogP contribution in [-0.2, 0) is 20.8 Å². The van der Waals surface area contributed by atoms with Gasteiger partial charge in [-0.3, -0.25) is 4.79 Å². The van der Waals surface area contributed by atoms with Crippen LogP contribution in [-0.4, -0.2) is 43.3 Å². The second-order valence-electron chi connectivity index (χ2n) is 5.91. The molecule has 1 saturated heterocycles. The molecule has 2 fully saturated rings. The van der Waals surface area contributed by atoms with Crippen LogP contribution < -0.4 is 4.74 Å². The number of rotatable bonds is 6. The molecule has 0 bridgehead atoms. The summed E-state index contributed by atoms with van der Waals surface area (Å²) in [7, 11) is 1.62. The average Bonchev–Trinajstić information content (AvgIpc) is 3.28. The molecule has 0 spiro atoms. The lowest BCUT2D eigenvalue weighted by Crippen LogP contribution is -2.25. The molecule has 2 aliphatic rings. The summed E-state index contributed by atoms with van der Waals surface area (Å²) in [5.41, 5.74) is 1.01. The van der Waals surface area contributed by atoms with Crippen LogP contribution in [0.15, 0.2) is 24.3 Å². The summed E-state index contributed by atoms with van der Waals surface area (Å²) in [5.74, 6) is 0.584. The van der Waals surface area contributed by atoms with Crippen LogP contribution in [0.4, 0.5) is 4.79 Å². The zero-order chi connectivity index (χ0) is 16.4. The lowest BCUT2D eigenvalue weighted by Gasteiger charge is -2.13. The molecule has 3 rings (SSSR count). The van der Waals surface area contributed by atoms with E-state index in [1.807, 2.05) is 24.3 Å². The number of ether oxygens (including phenoxy) is 3. The van der Waals surface area contributed by atoms with Gasteiger partial charge in [-0.1, -0.05) is 12.1 Å². The van der Waals surface area contributed by atoms with Gasteiger partial charge < -0.3 is 19.1 Å². The lowest BCUT2D eigenvalue weighted by atomic mass is 10.1. The van der Waals surface area contributed by atoms with Gasteiger partial charge in [0.15, 0.2) is 0 Å². The number of hydrogen-bond acceptors (Lipinski definition) is 5. The van der Waals surface area contributed by atoms with Crippen molar-refractivity contribution in [3.05, 3.63) is 29.8 Å². The fraction of sp³-hybridized carbons (Fsp3) is 0.529. The molecular formula is C17H21NO5. The molecule has 6 nitrogen and oxygen atoms in total. The standard InChI is InChI=1S/C17H21NO5/c1-3-22-16(19)14-8-13(14)15-10-18(17(20)23-15)9-11-4-6-12(21-2)7-5-11/h4-7,13-15H,3,8-10H2,1-2H3. The van der Waals surface area contributed by atoms with Crippen molar-refractivity contribution < 1.29 is 23.8 Å². The van der Waals surface area contributed by atoms with Gasteiger partial charge in [0, 0.05) is 12.5 Å². The number of carbonyl (C=O) groups is 2. The van der Waals surface area contributed by atoms with E-state index >= 15 is 0 Å². The molecule has 0 N–H and O–H groups in total. The summed E-state index contributed by atoms with van der Waals surface area (Å²) in [6.45, 7) is 3.19. The van der Waals surface area contributed by atoms with E-state index in [4.69, 9.17) is 14.2 Å². The highest BCUT2D eigenvalue weighted by molar-refractivity contribution is 5.76. The fourth-order valence-corrected chi connectivity index (χ4v) is 2.98. The molecule has 1 aromatic rings. The zero-order valence-electron chi connectivity index (χ0n) is 13.4. The maximum atomic E-state index is 12.0. The minimum Gasteiger partial charge on any atom is -0.497 e. The van der Waals surface area contributed by atoms with Gasteiger partial charge in [0.25, 0.3) is 0 Å². The van der Waals surface area contributed by atoms with E-state index in [0.29, 0.717) is 19.7 Å². The Morgan fingerprint density at radius 2 is 2.09 bits per heavy atom. The minimum absolute atomic E-state index is 0.0962. The third kappa shape index (κ3) is 3.41. The Morgan fingerprint density at radius 1 is 1.35 bits per heavy atom. The van der Waals surface area contributed by atoms with Crippen LogP contribution in [0.2, 0.25) is 0 Å². The molecule has 0 aromatic heterocycles. The SMILES string of the molecule is CCOC(=O)C1CC1C1CN(Cc2ccc(OC)cc2)C(=O)O1. The third-order valence-electron chi connectivity index (χ3n) is 4.35. The Hall–Kier alpha value is -2.24. The summed E-state index contributed by atoms with van der Waals surface area (Å²) in [6.07, 6.45) is 0.211. The molecule has 1 aromatic carbocycles. The van der Waals surface area contributed by atoms with E-state index in [2.05, 4.69) is 0 Å². The van der Waals surface area contributed by atoms with Crippen molar-refractivity contribution in [3.8, 4) is 5.75 Å². The van der Waals surface area contributed by atoms with E-state index < -0.39 is 0 Å². The Kier molecular flexibility index (Phi) is 4.41. The third-order valence-corrected chi connectivity index (χ3v) is 4.35. The monoisotopic (exact) mass is 319 g/mol. The van der Waals surface area contributed by atoms with Gasteiger partial charge in [-0.15, -0.1) is 0 Å². The lowest BCUT2D eigenvalue weighted by molar-refractivity contribution is -0.145. The summed E-state index contributed by atoms with van der Waals surface area (Å²) >= 11 is 0. The molecule has 0 radical (unpaired) electrons. The first kappa shape index (κ1) is 15.6. The van der Waals surface area contributed by atoms with Crippen molar-refractivity contribution in [1.29, 1.82) is 0 Å². The highest BCUT2D eigenvalue weighted by atomic mass is 16.6. The van der Waals surface area contributed by atoms with E-state index in [-0.39, 0.29) is 30.0 Å². The number of methoxy groups -OCH3 is 1. The number of benzene rings is 1. The van der Waals surface area contributed by atoms with Crippen molar-refractivity contribution in [2.24, 2.45) is 11.8 Å². The predicted octanol–water partition coefficient (Wildman–Crippen LogP) is 2.22. The molecule has 1 aliphatic heterocycles. The zero-order valence-corrected chi connectivity index (χ0v) is 13.4. The van der Waals surface area contributed by atoms with Gasteiger partial charge in [0.05, 0.1) is 26.2 Å². The number of hydrogen-bond donors (Lipinski definition) is 0. The predicted molar refractivity (Wildman–Crippen MR) is 81.9 cm³/mol. The molecule has 3 unspecified atom stereocenters. The van der Waals surface area contributed by atoms with Gasteiger partial charge in [-0.05, 0) is 31.0 Å². The van der Waals surface area contributed by atoms with E-state index in [1.165, 1.54) is 0 Å². The Bertz CT molecular complexity index is 585. The highest BCUT2D eigenvalue weighted by Gasteiger charge is 2.53. The largest absolute Gasteiger partial charge is 0.497 e. The van der Waals surface area contributed by atoms with E-state index in [1.54, 1.807) is 18.9 Å². The molecule has 1 aliphatic carbocycles. The molecule has 1 saturated carbocycles. The first-order valence-corrected chi connectivity index (χ1v) is 7.87. The molecule has 1 amide bonds. The first-order chi connectivity index (χ1) is 11.1. The van der Waals surface area contributed by atoms with Crippen molar-refractivity contribution in [2.45, 2.75) is 26.0 Å². The van der Waals surface area contributed by atoms with Crippen LogP contribution >= 0.6 is 0 Å². The molecule has 6 heteroatoms. The number of nitrogens with zero attached hydrogens (tertiary/aromatic N) is 1. The van der Waals surface area contributed by atoms with Gasteiger partial charge in [-0.25, -0.2) is 4.79 Å². The van der Waals surface area contributed by atoms with E-state index in [9.17, 15) is 9.59 Å². The van der Waals surface area contributed by atoms with Crippen molar-refractivity contribution in [1.82, 2.24) is 4.90 Å². The molecule has 23 heavy (non-hydrogen) atoms. The highest BCUT2D eigenvalue weighted by Crippen LogP contribution is 2.45. The number of amides is 1. The van der Waals surface area contributed by atoms with Crippen LogP contribution in [0, 0.1) is 11.8 Å². The molecular weight excluding hydrogens is 298 g/mol. The smallest absolute Gasteiger partial charge is 0.410 e. The topological polar surface area (TPSA) is 65.1 Å². The molecule has 1 heterocycles. The van der Waals surface area contributed by atoms with Gasteiger partial charge in [0.1, 0.15) is 11.9 Å². The Labute approximate surface area is 135 Å². The second kappa shape index (κ2) is 6.48. The average molecular weight is 319 g/mol. The van der Waals surface area contributed by atoms with E-state index in [0.717, 1.165) is 17.7 Å². The van der Waals surface area contributed by atoms with Gasteiger partial charge >= 0.3 is 12.1 Å². The number of cyclic esters (lactones) is 1. The van der Waals surface area contributed by atoms with Crippen molar-refractivity contribution in [2.75, 3.05) is 20.3 Å². The van der Waals surface area contributed by atoms with Gasteiger partial charge in [0.2, 0.25) is 0 Å². The first-order valence-electron chi connectivity index (χ1n) is 7.87. The molecule has 3 atom stereocenters. The Balaban J connectivity index is 1.55. The maximum absolute atomic E-state index is 12.0. The quantitative estimate of drug-likeness (QED) is 0.752. The van der Waals surface area contributed by atoms with Crippen molar-refractivity contribution in [3.63, 3.8) is 0 Å². The number of carbonyl (C=O) groups excluding carboxylic acids is 2. The summed E-state index contributed by atoms with van der Waals surface area (Å²) in [5, 5.41) is 0. The summed E-state index contributed by atoms with van der Waals surface area (Å²) in [6, 6.07) is 7.59. The second-order valence-corrected chi connectivity index (χ2v) is 5.91. The maximum Gasteiger partial charge on any atom is 0.410 e. The normalized spacial score (nSPS) is 25.9. The number of esters is 1.